The van der Waals surface area contributed by atoms with Crippen LogP contribution in [0.5, 0.6) is 0 Å². The molecule has 0 unspecified atom stereocenters. The maximum absolute atomic E-state index is 9.66. The molecular formula is C11H21NO. The molecule has 2 aliphatic rings. The van der Waals surface area contributed by atoms with E-state index in [0.29, 0.717) is 5.92 Å². The minimum absolute atomic E-state index is 0.0677. The summed E-state index contributed by atoms with van der Waals surface area (Å²) in [6, 6.07) is 0. The molecule has 2 rings (SSSR count). The zero-order chi connectivity index (χ0) is 9.10. The van der Waals surface area contributed by atoms with Crippen molar-refractivity contribution >= 4 is 0 Å². The van der Waals surface area contributed by atoms with Crippen molar-refractivity contribution in [2.75, 3.05) is 13.1 Å². The fourth-order valence-corrected chi connectivity index (χ4v) is 2.81. The Kier molecular flexibility index (Phi) is 3.23. The molecule has 76 valence electrons. The predicted molar refractivity (Wildman–Crippen MR) is 53.6 cm³/mol. The lowest BCUT2D eigenvalue weighted by Gasteiger charge is -2.25. The summed E-state index contributed by atoms with van der Waals surface area (Å²) in [6.45, 7) is 1.86. The van der Waals surface area contributed by atoms with Gasteiger partial charge in [0.2, 0.25) is 0 Å². The molecule has 0 spiro atoms. The number of hydrogen-bond acceptors (Lipinski definition) is 2. The molecule has 1 heterocycles. The summed E-state index contributed by atoms with van der Waals surface area (Å²) in [5.41, 5.74) is 0. The average Bonchev–Trinajstić information content (AvgIpc) is 2.54. The van der Waals surface area contributed by atoms with Crippen molar-refractivity contribution in [1.29, 1.82) is 0 Å². The standard InChI is InChI=1S/C11H21NO/c13-11-8-12-7-10(11)6-9-4-2-1-3-5-9/h9-13H,1-8H2/t10-,11-/m0/s1. The molecule has 0 amide bonds. The van der Waals surface area contributed by atoms with Crippen LogP contribution < -0.4 is 5.32 Å². The van der Waals surface area contributed by atoms with Gasteiger partial charge in [-0.05, 0) is 18.3 Å². The van der Waals surface area contributed by atoms with Crippen LogP contribution in [0.25, 0.3) is 0 Å². The molecule has 2 N–H and O–H groups in total. The van der Waals surface area contributed by atoms with Crippen molar-refractivity contribution in [2.45, 2.75) is 44.6 Å². The molecule has 1 aliphatic carbocycles. The highest BCUT2D eigenvalue weighted by Crippen LogP contribution is 2.30. The fraction of sp³-hybridized carbons (Fsp3) is 1.00. The van der Waals surface area contributed by atoms with E-state index in [1.54, 1.807) is 0 Å². The Morgan fingerprint density at radius 3 is 2.46 bits per heavy atom. The second kappa shape index (κ2) is 4.43. The molecule has 2 atom stereocenters. The molecule has 0 aromatic rings. The summed E-state index contributed by atoms with van der Waals surface area (Å²) in [5, 5.41) is 12.9. The molecule has 2 nitrogen and oxygen atoms in total. The average molecular weight is 183 g/mol. The van der Waals surface area contributed by atoms with Crippen LogP contribution in [-0.4, -0.2) is 24.3 Å². The van der Waals surface area contributed by atoms with Gasteiger partial charge in [0.1, 0.15) is 0 Å². The highest BCUT2D eigenvalue weighted by Gasteiger charge is 2.27. The van der Waals surface area contributed by atoms with E-state index in [-0.39, 0.29) is 6.10 Å². The monoisotopic (exact) mass is 183 g/mol. The molecule has 0 bridgehead atoms. The number of aliphatic hydroxyl groups is 1. The Morgan fingerprint density at radius 1 is 1.08 bits per heavy atom. The van der Waals surface area contributed by atoms with Gasteiger partial charge in [-0.15, -0.1) is 0 Å². The molecule has 13 heavy (non-hydrogen) atoms. The van der Waals surface area contributed by atoms with Gasteiger partial charge < -0.3 is 10.4 Å². The summed E-state index contributed by atoms with van der Waals surface area (Å²) >= 11 is 0. The number of hydrogen-bond donors (Lipinski definition) is 2. The molecule has 0 aromatic heterocycles. The van der Waals surface area contributed by atoms with E-state index in [2.05, 4.69) is 5.32 Å². The predicted octanol–water partition coefficient (Wildman–Crippen LogP) is 1.54. The molecule has 0 aromatic carbocycles. The number of aliphatic hydroxyl groups excluding tert-OH is 1. The number of rotatable bonds is 2. The maximum Gasteiger partial charge on any atom is 0.0704 e. The summed E-state index contributed by atoms with van der Waals surface area (Å²) in [7, 11) is 0. The lowest BCUT2D eigenvalue weighted by molar-refractivity contribution is 0.125. The van der Waals surface area contributed by atoms with E-state index in [0.717, 1.165) is 19.0 Å². The highest BCUT2D eigenvalue weighted by atomic mass is 16.3. The lowest BCUT2D eigenvalue weighted by atomic mass is 9.82. The minimum Gasteiger partial charge on any atom is -0.391 e. The number of nitrogens with one attached hydrogen (secondary N) is 1. The van der Waals surface area contributed by atoms with Crippen LogP contribution in [0.1, 0.15) is 38.5 Å². The first-order chi connectivity index (χ1) is 6.36. The summed E-state index contributed by atoms with van der Waals surface area (Å²) in [5.74, 6) is 1.45. The first kappa shape index (κ1) is 9.47. The van der Waals surface area contributed by atoms with E-state index in [4.69, 9.17) is 0 Å². The lowest BCUT2D eigenvalue weighted by Crippen LogP contribution is -2.22. The second-order valence-corrected chi connectivity index (χ2v) is 4.73. The molecule has 2 heteroatoms. The Bertz CT molecular complexity index is 154. The van der Waals surface area contributed by atoms with Crippen molar-refractivity contribution in [3.05, 3.63) is 0 Å². The maximum atomic E-state index is 9.66. The fourth-order valence-electron chi connectivity index (χ4n) is 2.81. The topological polar surface area (TPSA) is 32.3 Å². The van der Waals surface area contributed by atoms with E-state index in [9.17, 15) is 5.11 Å². The minimum atomic E-state index is -0.0677. The summed E-state index contributed by atoms with van der Waals surface area (Å²) in [6.07, 6.45) is 8.27. The van der Waals surface area contributed by atoms with Gasteiger partial charge in [0, 0.05) is 13.1 Å². The molecule has 1 saturated carbocycles. The van der Waals surface area contributed by atoms with Crippen LogP contribution in [0.2, 0.25) is 0 Å². The van der Waals surface area contributed by atoms with Crippen molar-refractivity contribution in [2.24, 2.45) is 11.8 Å². The molecule has 2 fully saturated rings. The van der Waals surface area contributed by atoms with Gasteiger partial charge in [-0.1, -0.05) is 32.1 Å². The SMILES string of the molecule is O[C@H]1CNC[C@@H]1CC1CCCCC1. The van der Waals surface area contributed by atoms with Crippen LogP contribution in [-0.2, 0) is 0 Å². The third-order valence-corrected chi connectivity index (χ3v) is 3.66. The van der Waals surface area contributed by atoms with Gasteiger partial charge in [-0.2, -0.15) is 0 Å². The second-order valence-electron chi connectivity index (χ2n) is 4.73. The zero-order valence-electron chi connectivity index (χ0n) is 8.34. The Balaban J connectivity index is 1.75. The van der Waals surface area contributed by atoms with Crippen molar-refractivity contribution in [1.82, 2.24) is 5.32 Å². The molecule has 1 aliphatic heterocycles. The van der Waals surface area contributed by atoms with E-state index in [1.807, 2.05) is 0 Å². The Labute approximate surface area is 80.7 Å². The zero-order valence-corrected chi connectivity index (χ0v) is 8.34. The van der Waals surface area contributed by atoms with Crippen molar-refractivity contribution in [3.8, 4) is 0 Å². The quantitative estimate of drug-likeness (QED) is 0.680. The van der Waals surface area contributed by atoms with Crippen LogP contribution >= 0.6 is 0 Å². The first-order valence-corrected chi connectivity index (χ1v) is 5.75. The molecular weight excluding hydrogens is 162 g/mol. The highest BCUT2D eigenvalue weighted by molar-refractivity contribution is 4.83. The van der Waals surface area contributed by atoms with Gasteiger partial charge >= 0.3 is 0 Å². The van der Waals surface area contributed by atoms with Crippen LogP contribution in [0.3, 0.4) is 0 Å². The van der Waals surface area contributed by atoms with Gasteiger partial charge in [0.15, 0.2) is 0 Å². The van der Waals surface area contributed by atoms with Gasteiger partial charge in [-0.3, -0.25) is 0 Å². The van der Waals surface area contributed by atoms with E-state index < -0.39 is 0 Å². The van der Waals surface area contributed by atoms with Gasteiger partial charge in [-0.25, -0.2) is 0 Å². The number of β-amino-alcohol motifs (C(OH)–C–C–N with tert-alkyl or cyclic N) is 1. The molecule has 0 radical (unpaired) electrons. The summed E-state index contributed by atoms with van der Waals surface area (Å²) in [4.78, 5) is 0. The Morgan fingerprint density at radius 2 is 1.85 bits per heavy atom. The molecule has 1 saturated heterocycles. The van der Waals surface area contributed by atoms with E-state index >= 15 is 0 Å². The van der Waals surface area contributed by atoms with Gasteiger partial charge in [0.05, 0.1) is 6.10 Å². The van der Waals surface area contributed by atoms with Crippen molar-refractivity contribution < 1.29 is 5.11 Å². The Hall–Kier alpha value is -0.0800. The van der Waals surface area contributed by atoms with Gasteiger partial charge in [0.25, 0.3) is 0 Å². The van der Waals surface area contributed by atoms with Crippen molar-refractivity contribution in [3.63, 3.8) is 0 Å². The van der Waals surface area contributed by atoms with Crippen LogP contribution in [0, 0.1) is 11.8 Å². The third kappa shape index (κ3) is 2.44. The summed E-state index contributed by atoms with van der Waals surface area (Å²) < 4.78 is 0. The largest absolute Gasteiger partial charge is 0.391 e. The normalized spacial score (nSPS) is 36.7. The van der Waals surface area contributed by atoms with Crippen LogP contribution in [0.4, 0.5) is 0 Å². The first-order valence-electron chi connectivity index (χ1n) is 5.75. The third-order valence-electron chi connectivity index (χ3n) is 3.66. The smallest absolute Gasteiger partial charge is 0.0704 e. The van der Waals surface area contributed by atoms with Crippen LogP contribution in [0.15, 0.2) is 0 Å². The van der Waals surface area contributed by atoms with E-state index in [1.165, 1.54) is 38.5 Å².